The van der Waals surface area contributed by atoms with E-state index in [4.69, 9.17) is 16.6 Å². The number of aryl methyl sites for hydroxylation is 1. The molecule has 0 atom stereocenters. The second-order valence-electron chi connectivity index (χ2n) is 9.39. The summed E-state index contributed by atoms with van der Waals surface area (Å²) in [5.74, 6) is 0.944. The molecular weight excluding hydrogens is 533 g/mol. The van der Waals surface area contributed by atoms with Crippen molar-refractivity contribution < 1.29 is 9.18 Å². The van der Waals surface area contributed by atoms with Crippen LogP contribution in [0, 0.1) is 12.7 Å². The number of thioether (sulfide) groups is 1. The van der Waals surface area contributed by atoms with Gasteiger partial charge in [0.05, 0.1) is 0 Å². The molecule has 1 amide bonds. The lowest BCUT2D eigenvalue weighted by Gasteiger charge is -2.37. The number of rotatable bonds is 8. The van der Waals surface area contributed by atoms with Gasteiger partial charge in [0.25, 0.3) is 5.91 Å². The van der Waals surface area contributed by atoms with Crippen LogP contribution in [0.2, 0.25) is 5.15 Å². The number of piperazine rings is 1. The van der Waals surface area contributed by atoms with Crippen LogP contribution in [-0.2, 0) is 12.3 Å². The van der Waals surface area contributed by atoms with E-state index in [1.165, 1.54) is 35.1 Å². The first kappa shape index (κ1) is 27.0. The van der Waals surface area contributed by atoms with Crippen molar-refractivity contribution in [1.29, 1.82) is 0 Å². The number of benzene rings is 3. The molecule has 0 unspecified atom stereocenters. The van der Waals surface area contributed by atoms with Crippen LogP contribution in [0.25, 0.3) is 0 Å². The lowest BCUT2D eigenvalue weighted by molar-refractivity contribution is 0.0951. The van der Waals surface area contributed by atoms with E-state index in [2.05, 4.69) is 51.3 Å². The number of aromatic nitrogens is 2. The Morgan fingerprint density at radius 1 is 0.923 bits per heavy atom. The van der Waals surface area contributed by atoms with Gasteiger partial charge >= 0.3 is 0 Å². The molecule has 4 aromatic rings. The van der Waals surface area contributed by atoms with E-state index in [0.717, 1.165) is 43.1 Å². The maximum atomic E-state index is 13.1. The van der Waals surface area contributed by atoms with Crippen LogP contribution in [0.5, 0.6) is 0 Å². The summed E-state index contributed by atoms with van der Waals surface area (Å²) in [6.07, 6.45) is 0. The monoisotopic (exact) mass is 561 g/mol. The molecular formula is C30H29ClFN5OS. The SMILES string of the molecule is Cc1ccccc1N1CCN(c2cc(Cl)nc(SCc3cccc(C(=O)NCc4ccc(F)cc4)c3)n2)CC1. The molecule has 1 N–H and O–H groups in total. The van der Waals surface area contributed by atoms with Crippen molar-refractivity contribution in [3.8, 4) is 0 Å². The zero-order valence-electron chi connectivity index (χ0n) is 21.6. The van der Waals surface area contributed by atoms with Crippen LogP contribution in [0.1, 0.15) is 27.0 Å². The summed E-state index contributed by atoms with van der Waals surface area (Å²) in [4.78, 5) is 26.5. The normalized spacial score (nSPS) is 13.4. The molecule has 3 aromatic carbocycles. The molecule has 1 saturated heterocycles. The van der Waals surface area contributed by atoms with Crippen molar-refractivity contribution in [2.75, 3.05) is 36.0 Å². The number of nitrogens with one attached hydrogen (secondary N) is 1. The number of carbonyl (C=O) groups is 1. The van der Waals surface area contributed by atoms with Crippen LogP contribution in [0.3, 0.4) is 0 Å². The Kier molecular flexibility index (Phi) is 8.64. The Bertz CT molecular complexity index is 1440. The highest BCUT2D eigenvalue weighted by atomic mass is 35.5. The Morgan fingerprint density at radius 2 is 1.67 bits per heavy atom. The topological polar surface area (TPSA) is 61.4 Å². The average Bonchev–Trinajstić information content (AvgIpc) is 2.96. The van der Waals surface area contributed by atoms with E-state index >= 15 is 0 Å². The van der Waals surface area contributed by atoms with Gasteiger partial charge in [-0.3, -0.25) is 4.79 Å². The van der Waals surface area contributed by atoms with Gasteiger partial charge in [0.1, 0.15) is 16.8 Å². The predicted octanol–water partition coefficient (Wildman–Crippen LogP) is 6.13. The number of hydrogen-bond donors (Lipinski definition) is 1. The van der Waals surface area contributed by atoms with Crippen LogP contribution in [0.15, 0.2) is 84.0 Å². The van der Waals surface area contributed by atoms with E-state index in [1.807, 2.05) is 24.3 Å². The van der Waals surface area contributed by atoms with Gasteiger partial charge in [-0.2, -0.15) is 0 Å². The smallest absolute Gasteiger partial charge is 0.251 e. The molecule has 0 radical (unpaired) electrons. The van der Waals surface area contributed by atoms with Gasteiger partial charge in [-0.15, -0.1) is 0 Å². The molecule has 0 aliphatic carbocycles. The van der Waals surface area contributed by atoms with Crippen molar-refractivity contribution in [3.63, 3.8) is 0 Å². The molecule has 0 spiro atoms. The third-order valence-electron chi connectivity index (χ3n) is 6.64. The fourth-order valence-electron chi connectivity index (χ4n) is 4.54. The van der Waals surface area contributed by atoms with E-state index in [1.54, 1.807) is 18.2 Å². The summed E-state index contributed by atoms with van der Waals surface area (Å²) < 4.78 is 13.1. The van der Waals surface area contributed by atoms with Crippen molar-refractivity contribution >= 4 is 40.8 Å². The maximum Gasteiger partial charge on any atom is 0.251 e. The second kappa shape index (κ2) is 12.5. The Hall–Kier alpha value is -3.62. The highest BCUT2D eigenvalue weighted by molar-refractivity contribution is 7.98. The number of anilines is 2. The standard InChI is InChI=1S/C30H29ClFN5OS/c1-21-5-2-3-8-26(21)36-13-15-37(16-14-36)28-18-27(31)34-30(35-28)39-20-23-6-4-7-24(17-23)29(38)33-19-22-9-11-25(32)12-10-22/h2-12,17-18H,13-16,19-20H2,1H3,(H,33,38). The molecule has 0 saturated carbocycles. The molecule has 1 fully saturated rings. The lowest BCUT2D eigenvalue weighted by atomic mass is 10.1. The van der Waals surface area contributed by atoms with Crippen LogP contribution in [-0.4, -0.2) is 42.1 Å². The maximum absolute atomic E-state index is 13.1. The number of nitrogens with zero attached hydrogens (tertiary/aromatic N) is 4. The van der Waals surface area contributed by atoms with Gasteiger partial charge in [-0.05, 0) is 53.9 Å². The summed E-state index contributed by atoms with van der Waals surface area (Å²) in [5, 5.41) is 3.90. The summed E-state index contributed by atoms with van der Waals surface area (Å²) in [5.41, 5.74) is 4.94. The number of halogens is 2. The minimum Gasteiger partial charge on any atom is -0.368 e. The Morgan fingerprint density at radius 3 is 2.44 bits per heavy atom. The van der Waals surface area contributed by atoms with E-state index in [9.17, 15) is 9.18 Å². The Labute approximate surface area is 237 Å². The average molecular weight is 562 g/mol. The van der Waals surface area contributed by atoms with Gasteiger partial charge in [-0.1, -0.05) is 65.8 Å². The second-order valence-corrected chi connectivity index (χ2v) is 10.7. The molecule has 0 bridgehead atoms. The van der Waals surface area contributed by atoms with Crippen molar-refractivity contribution in [1.82, 2.24) is 15.3 Å². The molecule has 1 aliphatic rings. The van der Waals surface area contributed by atoms with E-state index < -0.39 is 0 Å². The van der Waals surface area contributed by atoms with Crippen molar-refractivity contribution in [3.05, 3.63) is 112 Å². The molecule has 200 valence electrons. The van der Waals surface area contributed by atoms with Gasteiger partial charge < -0.3 is 15.1 Å². The number of amides is 1. The third kappa shape index (κ3) is 7.07. The predicted molar refractivity (Wildman–Crippen MR) is 156 cm³/mol. The quantitative estimate of drug-likeness (QED) is 0.159. The molecule has 1 aromatic heterocycles. The third-order valence-corrected chi connectivity index (χ3v) is 7.76. The van der Waals surface area contributed by atoms with Gasteiger partial charge in [0, 0.05) is 55.8 Å². The fraction of sp³-hybridized carbons (Fsp3) is 0.233. The lowest BCUT2D eigenvalue weighted by Crippen LogP contribution is -2.47. The minimum absolute atomic E-state index is 0.183. The van der Waals surface area contributed by atoms with Crippen LogP contribution in [0.4, 0.5) is 15.9 Å². The van der Waals surface area contributed by atoms with Crippen molar-refractivity contribution in [2.45, 2.75) is 24.4 Å². The first-order valence-electron chi connectivity index (χ1n) is 12.8. The molecule has 9 heteroatoms. The van der Waals surface area contributed by atoms with Gasteiger partial charge in [0.2, 0.25) is 0 Å². The first-order valence-corrected chi connectivity index (χ1v) is 14.2. The molecule has 6 nitrogen and oxygen atoms in total. The van der Waals surface area contributed by atoms with Crippen molar-refractivity contribution in [2.24, 2.45) is 0 Å². The minimum atomic E-state index is -0.299. The zero-order valence-corrected chi connectivity index (χ0v) is 23.2. The molecule has 1 aliphatic heterocycles. The van der Waals surface area contributed by atoms with Crippen LogP contribution < -0.4 is 15.1 Å². The summed E-state index contributed by atoms with van der Waals surface area (Å²) in [6.45, 7) is 5.99. The number of carbonyl (C=O) groups excluding carboxylic acids is 1. The zero-order chi connectivity index (χ0) is 27.2. The van der Waals surface area contributed by atoms with Gasteiger partial charge in [-0.25, -0.2) is 14.4 Å². The van der Waals surface area contributed by atoms with Crippen LogP contribution >= 0.6 is 23.4 Å². The summed E-state index contributed by atoms with van der Waals surface area (Å²) in [7, 11) is 0. The number of hydrogen-bond acceptors (Lipinski definition) is 6. The van der Waals surface area contributed by atoms with E-state index in [-0.39, 0.29) is 11.7 Å². The van der Waals surface area contributed by atoms with Gasteiger partial charge in [0.15, 0.2) is 5.16 Å². The molecule has 2 heterocycles. The largest absolute Gasteiger partial charge is 0.368 e. The summed E-state index contributed by atoms with van der Waals surface area (Å²) in [6, 6.07) is 23.8. The molecule has 39 heavy (non-hydrogen) atoms. The Balaban J connectivity index is 1.18. The molecule has 5 rings (SSSR count). The van der Waals surface area contributed by atoms with E-state index in [0.29, 0.717) is 28.2 Å². The first-order chi connectivity index (χ1) is 18.9. The number of para-hydroxylation sites is 1. The highest BCUT2D eigenvalue weighted by Crippen LogP contribution is 2.27. The summed E-state index contributed by atoms with van der Waals surface area (Å²) >= 11 is 7.87. The highest BCUT2D eigenvalue weighted by Gasteiger charge is 2.20. The fourth-order valence-corrected chi connectivity index (χ4v) is 5.57.